The summed E-state index contributed by atoms with van der Waals surface area (Å²) in [6.07, 6.45) is 3.26. The van der Waals surface area contributed by atoms with Crippen molar-refractivity contribution in [1.82, 2.24) is 24.6 Å². The molecule has 23 heavy (non-hydrogen) atoms. The van der Waals surface area contributed by atoms with Crippen molar-refractivity contribution in [2.75, 3.05) is 26.2 Å². The highest BCUT2D eigenvalue weighted by Crippen LogP contribution is 2.24. The Kier molecular flexibility index (Phi) is 3.77. The van der Waals surface area contributed by atoms with Crippen LogP contribution >= 0.6 is 0 Å². The molecule has 1 fully saturated rings. The van der Waals surface area contributed by atoms with E-state index in [0.29, 0.717) is 0 Å². The molecule has 4 rings (SSSR count). The number of nitrogens with one attached hydrogen (secondary N) is 1. The molecule has 118 valence electrons. The Bertz CT molecular complexity index is 808. The lowest BCUT2D eigenvalue weighted by atomic mass is 10.2. The maximum Gasteiger partial charge on any atom is 0.139 e. The summed E-state index contributed by atoms with van der Waals surface area (Å²) in [4.78, 5) is 11.5. The highest BCUT2D eigenvalue weighted by atomic mass is 19.1. The van der Waals surface area contributed by atoms with Crippen LogP contribution in [0.3, 0.4) is 0 Å². The lowest BCUT2D eigenvalue weighted by molar-refractivity contribution is 0.230. The zero-order chi connectivity index (χ0) is 15.6. The molecule has 1 saturated heterocycles. The van der Waals surface area contributed by atoms with Crippen molar-refractivity contribution in [3.63, 3.8) is 0 Å². The Balaban J connectivity index is 1.82. The van der Waals surface area contributed by atoms with E-state index in [1.807, 2.05) is 22.6 Å². The molecule has 0 amide bonds. The van der Waals surface area contributed by atoms with Gasteiger partial charge in [-0.15, -0.1) is 0 Å². The second-order valence-corrected chi connectivity index (χ2v) is 5.72. The van der Waals surface area contributed by atoms with Gasteiger partial charge in [0.25, 0.3) is 0 Å². The third-order valence-corrected chi connectivity index (χ3v) is 4.17. The van der Waals surface area contributed by atoms with Gasteiger partial charge in [0.2, 0.25) is 0 Å². The van der Waals surface area contributed by atoms with Gasteiger partial charge in [-0.05, 0) is 24.3 Å². The average Bonchev–Trinajstić information content (AvgIpc) is 2.95. The summed E-state index contributed by atoms with van der Waals surface area (Å²) < 4.78 is 15.6. The molecule has 0 unspecified atom stereocenters. The van der Waals surface area contributed by atoms with E-state index in [-0.39, 0.29) is 5.82 Å². The first-order chi connectivity index (χ1) is 11.3. The number of imidazole rings is 1. The molecule has 4 heterocycles. The van der Waals surface area contributed by atoms with E-state index in [0.717, 1.165) is 55.5 Å². The molecule has 5 nitrogen and oxygen atoms in total. The van der Waals surface area contributed by atoms with E-state index < -0.39 is 0 Å². The number of fused-ring (bicyclic) bond motifs is 1. The zero-order valence-electron chi connectivity index (χ0n) is 12.7. The first kappa shape index (κ1) is 14.3. The fourth-order valence-corrected chi connectivity index (χ4v) is 3.01. The van der Waals surface area contributed by atoms with E-state index in [2.05, 4.69) is 20.2 Å². The molecule has 0 bridgehead atoms. The van der Waals surface area contributed by atoms with Crippen molar-refractivity contribution in [3.8, 4) is 11.4 Å². The van der Waals surface area contributed by atoms with Crippen LogP contribution in [0.15, 0.2) is 42.7 Å². The predicted octanol–water partition coefficient (Wildman–Crippen LogP) is 1.94. The number of piperazine rings is 1. The molecule has 0 atom stereocenters. The average molecular weight is 311 g/mol. The summed E-state index contributed by atoms with van der Waals surface area (Å²) in [6, 6.07) is 8.93. The van der Waals surface area contributed by atoms with Gasteiger partial charge in [0, 0.05) is 45.1 Å². The Morgan fingerprint density at radius 3 is 2.78 bits per heavy atom. The first-order valence-corrected chi connectivity index (χ1v) is 7.82. The molecule has 0 aromatic carbocycles. The van der Waals surface area contributed by atoms with E-state index in [1.54, 1.807) is 12.3 Å². The fraction of sp³-hybridized carbons (Fsp3) is 0.294. The smallest absolute Gasteiger partial charge is 0.139 e. The number of nitrogens with zero attached hydrogens (tertiary/aromatic N) is 4. The third kappa shape index (κ3) is 2.83. The second-order valence-electron chi connectivity index (χ2n) is 5.72. The minimum absolute atomic E-state index is 0.260. The third-order valence-electron chi connectivity index (χ3n) is 4.17. The Morgan fingerprint density at radius 1 is 1.13 bits per heavy atom. The zero-order valence-corrected chi connectivity index (χ0v) is 12.7. The molecule has 0 saturated carbocycles. The summed E-state index contributed by atoms with van der Waals surface area (Å²) in [5.41, 5.74) is 3.38. The summed E-state index contributed by atoms with van der Waals surface area (Å²) in [7, 11) is 0. The fourth-order valence-electron chi connectivity index (χ4n) is 3.01. The highest BCUT2D eigenvalue weighted by molar-refractivity contribution is 5.63. The van der Waals surface area contributed by atoms with Crippen LogP contribution in [0.5, 0.6) is 0 Å². The minimum atomic E-state index is -0.260. The normalized spacial score (nSPS) is 16.0. The van der Waals surface area contributed by atoms with Crippen LogP contribution in [-0.4, -0.2) is 45.4 Å². The van der Waals surface area contributed by atoms with Crippen molar-refractivity contribution in [1.29, 1.82) is 0 Å². The molecule has 1 N–H and O–H groups in total. The van der Waals surface area contributed by atoms with Gasteiger partial charge < -0.3 is 5.32 Å². The van der Waals surface area contributed by atoms with Crippen molar-refractivity contribution < 1.29 is 4.39 Å². The van der Waals surface area contributed by atoms with Gasteiger partial charge in [0.05, 0.1) is 11.4 Å². The topological polar surface area (TPSA) is 45.5 Å². The van der Waals surface area contributed by atoms with Gasteiger partial charge >= 0.3 is 0 Å². The molecule has 6 heteroatoms. The van der Waals surface area contributed by atoms with E-state index in [1.165, 1.54) is 12.3 Å². The molecule has 0 aliphatic carbocycles. The van der Waals surface area contributed by atoms with Crippen LogP contribution in [0, 0.1) is 5.82 Å². The lowest BCUT2D eigenvalue weighted by Gasteiger charge is -2.27. The molecule has 0 spiro atoms. The Hall–Kier alpha value is -2.31. The van der Waals surface area contributed by atoms with Crippen molar-refractivity contribution in [2.24, 2.45) is 0 Å². The van der Waals surface area contributed by atoms with E-state index in [4.69, 9.17) is 0 Å². The number of rotatable bonds is 3. The summed E-state index contributed by atoms with van der Waals surface area (Å²) in [6.45, 7) is 4.64. The van der Waals surface area contributed by atoms with Crippen molar-refractivity contribution in [3.05, 3.63) is 54.2 Å². The van der Waals surface area contributed by atoms with Crippen molar-refractivity contribution >= 4 is 5.65 Å². The van der Waals surface area contributed by atoms with E-state index in [9.17, 15) is 4.39 Å². The number of pyridine rings is 2. The van der Waals surface area contributed by atoms with Crippen LogP contribution in [0.1, 0.15) is 5.69 Å². The van der Waals surface area contributed by atoms with Crippen LogP contribution in [0.4, 0.5) is 4.39 Å². The van der Waals surface area contributed by atoms with Gasteiger partial charge in [-0.2, -0.15) is 0 Å². The lowest BCUT2D eigenvalue weighted by Crippen LogP contribution is -2.43. The van der Waals surface area contributed by atoms with Gasteiger partial charge in [-0.1, -0.05) is 6.07 Å². The predicted molar refractivity (Wildman–Crippen MR) is 86.5 cm³/mol. The summed E-state index contributed by atoms with van der Waals surface area (Å²) >= 11 is 0. The minimum Gasteiger partial charge on any atom is -0.314 e. The molecule has 3 aromatic heterocycles. The number of hydrogen-bond donors (Lipinski definition) is 1. The molecule has 3 aromatic rings. The van der Waals surface area contributed by atoms with Crippen molar-refractivity contribution in [2.45, 2.75) is 6.54 Å². The number of hydrogen-bond acceptors (Lipinski definition) is 4. The standard InChI is InChI=1S/C17H18FN5/c18-13-4-5-16-21-17(14-3-1-2-6-20-14)15(23(16)11-13)12-22-9-7-19-8-10-22/h1-6,11,19H,7-10,12H2. The Labute approximate surface area is 133 Å². The van der Waals surface area contributed by atoms with Gasteiger partial charge in [0.15, 0.2) is 0 Å². The summed E-state index contributed by atoms with van der Waals surface area (Å²) in [5.74, 6) is -0.260. The monoisotopic (exact) mass is 311 g/mol. The van der Waals surface area contributed by atoms with Crippen LogP contribution in [0.2, 0.25) is 0 Å². The van der Waals surface area contributed by atoms with Crippen LogP contribution < -0.4 is 5.32 Å². The molecular weight excluding hydrogens is 293 g/mol. The second kappa shape index (κ2) is 6.06. The van der Waals surface area contributed by atoms with Gasteiger partial charge in [-0.25, -0.2) is 9.37 Å². The molecular formula is C17H18FN5. The number of aromatic nitrogens is 3. The van der Waals surface area contributed by atoms with Gasteiger partial charge in [0.1, 0.15) is 17.2 Å². The molecule has 1 aliphatic rings. The molecule has 1 aliphatic heterocycles. The first-order valence-electron chi connectivity index (χ1n) is 7.82. The van der Waals surface area contributed by atoms with Gasteiger partial charge in [-0.3, -0.25) is 14.3 Å². The number of halogens is 1. The quantitative estimate of drug-likeness (QED) is 0.803. The largest absolute Gasteiger partial charge is 0.314 e. The highest BCUT2D eigenvalue weighted by Gasteiger charge is 2.19. The Morgan fingerprint density at radius 2 is 2.00 bits per heavy atom. The molecule has 0 radical (unpaired) electrons. The van der Waals surface area contributed by atoms with Crippen LogP contribution in [0.25, 0.3) is 17.0 Å². The van der Waals surface area contributed by atoms with Crippen LogP contribution in [-0.2, 0) is 6.54 Å². The van der Waals surface area contributed by atoms with E-state index >= 15 is 0 Å². The SMILES string of the molecule is Fc1ccc2nc(-c3ccccn3)c(CN3CCNCC3)n2c1. The maximum atomic E-state index is 13.7. The maximum absolute atomic E-state index is 13.7. The summed E-state index contributed by atoms with van der Waals surface area (Å²) in [5, 5.41) is 3.35.